The summed E-state index contributed by atoms with van der Waals surface area (Å²) >= 11 is 0. The van der Waals surface area contributed by atoms with Crippen molar-refractivity contribution in [3.05, 3.63) is 35.9 Å². The van der Waals surface area contributed by atoms with Gasteiger partial charge >= 0.3 is 14.5 Å². The van der Waals surface area contributed by atoms with Crippen molar-refractivity contribution in [3.63, 3.8) is 0 Å². The Bertz CT molecular complexity index is 521. The highest BCUT2D eigenvalue weighted by atomic mass is 28.4. The fourth-order valence-electron chi connectivity index (χ4n) is 3.80. The van der Waals surface area contributed by atoms with Gasteiger partial charge in [-0.3, -0.25) is 0 Å². The summed E-state index contributed by atoms with van der Waals surface area (Å²) in [5.41, 5.74) is 0.588. The smallest absolute Gasteiger partial charge is 0.371 e. The van der Waals surface area contributed by atoms with Crippen LogP contribution in [-0.4, -0.2) is 46.7 Å². The molecule has 1 aromatic carbocycles. The number of hydrogen-bond acceptors (Lipinski definition) is 5. The highest BCUT2D eigenvalue weighted by Gasteiger charge is 2.58. The predicted octanol–water partition coefficient (Wildman–Crippen LogP) is 4.88. The van der Waals surface area contributed by atoms with Crippen LogP contribution in [0, 0.1) is 0 Å². The number of benzene rings is 1. The molecule has 0 amide bonds. The van der Waals surface area contributed by atoms with Gasteiger partial charge in [0.25, 0.3) is 0 Å². The number of carbonyl (C=O) groups is 1. The third-order valence-electron chi connectivity index (χ3n) is 4.97. The summed E-state index contributed by atoms with van der Waals surface area (Å²) in [6.45, 7) is 10.6. The Kier molecular flexibility index (Phi) is 10.8. The zero-order valence-corrected chi connectivity index (χ0v) is 18.6. The van der Waals surface area contributed by atoms with Gasteiger partial charge in [-0.25, -0.2) is 4.79 Å². The fourth-order valence-corrected chi connectivity index (χ4v) is 8.26. The molecule has 0 bridgehead atoms. The quantitative estimate of drug-likeness (QED) is 0.463. The summed E-state index contributed by atoms with van der Waals surface area (Å²) in [7, 11) is -0.835. The maximum absolute atomic E-state index is 10.8. The van der Waals surface area contributed by atoms with Crippen LogP contribution in [0.4, 0.5) is 0 Å². The second-order valence-corrected chi connectivity index (χ2v) is 9.96. The van der Waals surface area contributed by atoms with Crippen LogP contribution < -0.4 is 0 Å². The Morgan fingerprint density at radius 2 is 1.63 bits per heavy atom. The van der Waals surface area contributed by atoms with Crippen molar-refractivity contribution in [2.45, 2.75) is 64.6 Å². The van der Waals surface area contributed by atoms with Gasteiger partial charge in [0.05, 0.1) is 12.7 Å². The summed E-state index contributed by atoms with van der Waals surface area (Å²) in [5, 5.41) is -0.119. The van der Waals surface area contributed by atoms with E-state index >= 15 is 0 Å². The molecule has 0 N–H and O–H groups in total. The number of carbonyl (C=O) groups excluding carboxylic acids is 1. The molecule has 0 spiro atoms. The molecule has 1 heterocycles. The number of rotatable bonds is 8. The van der Waals surface area contributed by atoms with Crippen molar-refractivity contribution in [1.82, 2.24) is 0 Å². The third kappa shape index (κ3) is 6.14. The molecule has 0 aromatic heterocycles. The Morgan fingerprint density at radius 3 is 2.11 bits per heavy atom. The molecule has 1 aliphatic heterocycles. The number of ether oxygens (including phenoxy) is 2. The van der Waals surface area contributed by atoms with Gasteiger partial charge in [0.15, 0.2) is 0 Å². The first-order valence-electron chi connectivity index (χ1n) is 10.1. The average molecular weight is 397 g/mol. The van der Waals surface area contributed by atoms with Crippen molar-refractivity contribution in [1.29, 1.82) is 0 Å². The van der Waals surface area contributed by atoms with E-state index in [1.54, 1.807) is 24.3 Å². The molecule has 6 heteroatoms. The largest absolute Gasteiger partial charge is 0.465 e. The lowest BCUT2D eigenvalue weighted by Crippen LogP contribution is -2.65. The second-order valence-electron chi connectivity index (χ2n) is 6.46. The molecule has 0 saturated carbocycles. The molecule has 27 heavy (non-hydrogen) atoms. The first-order valence-corrected chi connectivity index (χ1v) is 12.1. The van der Waals surface area contributed by atoms with Gasteiger partial charge in [-0.2, -0.15) is 0 Å². The monoisotopic (exact) mass is 396 g/mol. The second kappa shape index (κ2) is 12.3. The van der Waals surface area contributed by atoms with Crippen LogP contribution >= 0.6 is 0 Å². The van der Waals surface area contributed by atoms with E-state index < -0.39 is 8.56 Å². The zero-order valence-electron chi connectivity index (χ0n) is 17.6. The molecule has 1 aliphatic rings. The van der Waals surface area contributed by atoms with Gasteiger partial charge in [-0.05, 0) is 51.8 Å². The molecule has 5 nitrogen and oxygen atoms in total. The first-order chi connectivity index (χ1) is 13.0. The van der Waals surface area contributed by atoms with Crippen molar-refractivity contribution in [2.75, 3.05) is 26.9 Å². The normalized spacial score (nSPS) is 21.1. The van der Waals surface area contributed by atoms with E-state index in [0.29, 0.717) is 5.56 Å². The van der Waals surface area contributed by atoms with Crippen molar-refractivity contribution in [3.8, 4) is 0 Å². The number of esters is 1. The van der Waals surface area contributed by atoms with Crippen molar-refractivity contribution in [2.24, 2.45) is 0 Å². The minimum absolute atomic E-state index is 0.119. The Labute approximate surface area is 165 Å². The highest BCUT2D eigenvalue weighted by molar-refractivity contribution is 6.70. The zero-order chi connectivity index (χ0) is 20.2. The Hall–Kier alpha value is -1.21. The van der Waals surface area contributed by atoms with Gasteiger partial charge in [-0.15, -0.1) is 0 Å². The SMILES string of the molecule is CCOC1(CC)CCCC[Si]1(OCC)OCC.COC(=O)c1ccccc1. The maximum Gasteiger partial charge on any atom is 0.371 e. The van der Waals surface area contributed by atoms with Crippen LogP contribution in [0.1, 0.15) is 63.7 Å². The predicted molar refractivity (Wildman–Crippen MR) is 110 cm³/mol. The van der Waals surface area contributed by atoms with E-state index in [1.165, 1.54) is 20.0 Å². The third-order valence-corrected chi connectivity index (χ3v) is 9.63. The molecule has 1 aromatic rings. The highest BCUT2D eigenvalue weighted by Crippen LogP contribution is 2.42. The van der Waals surface area contributed by atoms with Crippen LogP contribution in [-0.2, 0) is 18.3 Å². The summed E-state index contributed by atoms with van der Waals surface area (Å²) in [5.74, 6) is -0.291. The van der Waals surface area contributed by atoms with Crippen LogP contribution in [0.3, 0.4) is 0 Å². The number of hydrogen-bond donors (Lipinski definition) is 0. The Morgan fingerprint density at radius 1 is 1.00 bits per heavy atom. The topological polar surface area (TPSA) is 54.0 Å². The molecular weight excluding hydrogens is 360 g/mol. The van der Waals surface area contributed by atoms with E-state index in [1.807, 2.05) is 6.07 Å². The van der Waals surface area contributed by atoms with Crippen LogP contribution in [0.15, 0.2) is 30.3 Å². The molecular formula is C21H36O5Si. The van der Waals surface area contributed by atoms with Gasteiger partial charge in [0.2, 0.25) is 0 Å². The standard InChI is InChI=1S/C13H28O3Si.C8H8O2/c1-5-13(14-6-2)11-9-10-12-17(13,15-7-3)16-8-4;1-10-8(9)7-5-3-2-4-6-7/h5-12H2,1-4H3;2-6H,1H3. The van der Waals surface area contributed by atoms with E-state index in [9.17, 15) is 4.79 Å². The molecule has 154 valence electrons. The molecule has 2 rings (SSSR count). The first kappa shape index (κ1) is 23.8. The Balaban J connectivity index is 0.000000309. The molecule has 0 radical (unpaired) electrons. The lowest BCUT2D eigenvalue weighted by molar-refractivity contribution is -0.0426. The summed E-state index contributed by atoms with van der Waals surface area (Å²) in [6.07, 6.45) is 4.57. The number of methoxy groups -OCH3 is 1. The molecule has 1 atom stereocenters. The minimum Gasteiger partial charge on any atom is -0.465 e. The maximum atomic E-state index is 10.8. The van der Waals surface area contributed by atoms with Crippen LogP contribution in [0.2, 0.25) is 6.04 Å². The van der Waals surface area contributed by atoms with Gasteiger partial charge < -0.3 is 18.3 Å². The average Bonchev–Trinajstić information content (AvgIpc) is 2.71. The molecule has 1 fully saturated rings. The molecule has 1 saturated heterocycles. The van der Waals surface area contributed by atoms with Crippen LogP contribution in [0.25, 0.3) is 0 Å². The van der Waals surface area contributed by atoms with Gasteiger partial charge in [0, 0.05) is 19.8 Å². The van der Waals surface area contributed by atoms with E-state index in [-0.39, 0.29) is 11.2 Å². The van der Waals surface area contributed by atoms with E-state index in [2.05, 4.69) is 32.4 Å². The van der Waals surface area contributed by atoms with Gasteiger partial charge in [-0.1, -0.05) is 38.0 Å². The molecule has 0 aliphatic carbocycles. The van der Waals surface area contributed by atoms with E-state index in [0.717, 1.165) is 38.7 Å². The van der Waals surface area contributed by atoms with Crippen molar-refractivity contribution >= 4 is 14.5 Å². The van der Waals surface area contributed by atoms with E-state index in [4.69, 9.17) is 13.6 Å². The lowest BCUT2D eigenvalue weighted by Gasteiger charge is -2.49. The molecule has 1 unspecified atom stereocenters. The summed E-state index contributed by atoms with van der Waals surface area (Å²) < 4.78 is 23.0. The summed E-state index contributed by atoms with van der Waals surface area (Å²) in [6, 6.07) is 9.96. The minimum atomic E-state index is -2.21. The summed E-state index contributed by atoms with van der Waals surface area (Å²) in [4.78, 5) is 10.8. The fraction of sp³-hybridized carbons (Fsp3) is 0.667. The lowest BCUT2D eigenvalue weighted by atomic mass is 10.1. The van der Waals surface area contributed by atoms with Crippen LogP contribution in [0.5, 0.6) is 0 Å². The van der Waals surface area contributed by atoms with Gasteiger partial charge in [0.1, 0.15) is 5.22 Å². The van der Waals surface area contributed by atoms with Crippen molar-refractivity contribution < 1.29 is 23.1 Å².